The molecule has 1 unspecified atom stereocenters. The molecule has 0 bridgehead atoms. The third kappa shape index (κ3) is 4.17. The van der Waals surface area contributed by atoms with Crippen LogP contribution in [0.1, 0.15) is 43.8 Å². The summed E-state index contributed by atoms with van der Waals surface area (Å²) < 4.78 is 0. The SMILES string of the molecule is O=C(N/N=C/C1CCCCC1)C(O)c1ccccc1. The highest BCUT2D eigenvalue weighted by atomic mass is 16.3. The molecule has 2 N–H and O–H groups in total. The Morgan fingerprint density at radius 2 is 1.95 bits per heavy atom. The lowest BCUT2D eigenvalue weighted by Crippen LogP contribution is -2.25. The molecule has 1 amide bonds. The zero-order valence-corrected chi connectivity index (χ0v) is 11.0. The minimum absolute atomic E-state index is 0.461. The van der Waals surface area contributed by atoms with Crippen molar-refractivity contribution in [3.63, 3.8) is 0 Å². The normalized spacial score (nSPS) is 18.4. The lowest BCUT2D eigenvalue weighted by molar-refractivity contribution is -0.129. The number of hydrogen-bond acceptors (Lipinski definition) is 3. The molecule has 0 radical (unpaired) electrons. The number of aliphatic hydroxyl groups is 1. The molecular weight excluding hydrogens is 240 g/mol. The summed E-state index contributed by atoms with van der Waals surface area (Å²) in [6, 6.07) is 8.85. The van der Waals surface area contributed by atoms with Gasteiger partial charge in [0.1, 0.15) is 0 Å². The average Bonchev–Trinajstić information content (AvgIpc) is 2.48. The Labute approximate surface area is 113 Å². The Morgan fingerprint density at radius 3 is 2.63 bits per heavy atom. The Balaban J connectivity index is 1.82. The quantitative estimate of drug-likeness (QED) is 0.645. The molecule has 2 rings (SSSR count). The van der Waals surface area contributed by atoms with Gasteiger partial charge >= 0.3 is 0 Å². The molecule has 1 aromatic carbocycles. The number of carbonyl (C=O) groups excluding carboxylic acids is 1. The van der Waals surface area contributed by atoms with Gasteiger partial charge in [-0.15, -0.1) is 0 Å². The van der Waals surface area contributed by atoms with Gasteiger partial charge in [-0.2, -0.15) is 5.10 Å². The highest BCUT2D eigenvalue weighted by Crippen LogP contribution is 2.21. The summed E-state index contributed by atoms with van der Waals surface area (Å²) >= 11 is 0. The second-order valence-corrected chi connectivity index (χ2v) is 4.97. The van der Waals surface area contributed by atoms with Crippen molar-refractivity contribution in [1.82, 2.24) is 5.43 Å². The smallest absolute Gasteiger partial charge is 0.273 e. The van der Waals surface area contributed by atoms with E-state index < -0.39 is 12.0 Å². The van der Waals surface area contributed by atoms with Gasteiger partial charge in [0.25, 0.3) is 5.91 Å². The molecule has 0 spiro atoms. The Hall–Kier alpha value is -1.68. The van der Waals surface area contributed by atoms with Crippen molar-refractivity contribution in [3.8, 4) is 0 Å². The van der Waals surface area contributed by atoms with E-state index in [1.165, 1.54) is 19.3 Å². The molecule has 19 heavy (non-hydrogen) atoms. The lowest BCUT2D eigenvalue weighted by Gasteiger charge is -2.17. The molecule has 1 saturated carbocycles. The van der Waals surface area contributed by atoms with Crippen molar-refractivity contribution in [1.29, 1.82) is 0 Å². The monoisotopic (exact) mass is 260 g/mol. The van der Waals surface area contributed by atoms with E-state index in [0.717, 1.165) is 12.8 Å². The van der Waals surface area contributed by atoms with Gasteiger partial charge in [-0.05, 0) is 24.3 Å². The number of benzene rings is 1. The van der Waals surface area contributed by atoms with Crippen LogP contribution in [0.25, 0.3) is 0 Å². The predicted octanol–water partition coefficient (Wildman–Crippen LogP) is 2.40. The summed E-state index contributed by atoms with van der Waals surface area (Å²) in [5, 5.41) is 13.8. The summed E-state index contributed by atoms with van der Waals surface area (Å²) in [6.07, 6.45) is 6.68. The average molecular weight is 260 g/mol. The highest BCUT2D eigenvalue weighted by Gasteiger charge is 2.16. The predicted molar refractivity (Wildman–Crippen MR) is 74.6 cm³/mol. The first-order valence-electron chi connectivity index (χ1n) is 6.83. The first-order chi connectivity index (χ1) is 9.27. The number of rotatable bonds is 4. The van der Waals surface area contributed by atoms with Crippen LogP contribution in [-0.2, 0) is 4.79 Å². The first kappa shape index (κ1) is 13.7. The van der Waals surface area contributed by atoms with Crippen molar-refractivity contribution in [2.45, 2.75) is 38.2 Å². The van der Waals surface area contributed by atoms with Gasteiger partial charge in [-0.3, -0.25) is 4.79 Å². The fraction of sp³-hybridized carbons (Fsp3) is 0.467. The lowest BCUT2D eigenvalue weighted by atomic mass is 9.90. The Morgan fingerprint density at radius 1 is 1.26 bits per heavy atom. The van der Waals surface area contributed by atoms with Gasteiger partial charge in [0.05, 0.1) is 0 Å². The van der Waals surface area contributed by atoms with Crippen LogP contribution in [-0.4, -0.2) is 17.2 Å². The number of amides is 1. The molecule has 0 aromatic heterocycles. The largest absolute Gasteiger partial charge is 0.378 e. The van der Waals surface area contributed by atoms with Gasteiger partial charge in [-0.1, -0.05) is 49.6 Å². The van der Waals surface area contributed by atoms with E-state index in [1.807, 2.05) is 6.07 Å². The number of nitrogens with zero attached hydrogens (tertiary/aromatic N) is 1. The second-order valence-electron chi connectivity index (χ2n) is 4.97. The van der Waals surface area contributed by atoms with Crippen LogP contribution < -0.4 is 5.43 Å². The molecule has 0 heterocycles. The van der Waals surface area contributed by atoms with Crippen molar-refractivity contribution in [3.05, 3.63) is 35.9 Å². The number of hydrazone groups is 1. The molecule has 0 aliphatic heterocycles. The second kappa shape index (κ2) is 7.04. The van der Waals surface area contributed by atoms with E-state index in [4.69, 9.17) is 0 Å². The van der Waals surface area contributed by atoms with E-state index in [2.05, 4.69) is 10.5 Å². The van der Waals surface area contributed by atoms with Crippen LogP contribution in [0.15, 0.2) is 35.4 Å². The van der Waals surface area contributed by atoms with E-state index in [-0.39, 0.29) is 0 Å². The van der Waals surface area contributed by atoms with Gasteiger partial charge < -0.3 is 5.11 Å². The maximum Gasteiger partial charge on any atom is 0.273 e. The van der Waals surface area contributed by atoms with Crippen LogP contribution in [0.3, 0.4) is 0 Å². The summed E-state index contributed by atoms with van der Waals surface area (Å²) in [6.45, 7) is 0. The van der Waals surface area contributed by atoms with Crippen LogP contribution in [0, 0.1) is 5.92 Å². The Kier molecular flexibility index (Phi) is 5.10. The van der Waals surface area contributed by atoms with Crippen LogP contribution in [0.2, 0.25) is 0 Å². The van der Waals surface area contributed by atoms with Crippen LogP contribution in [0.5, 0.6) is 0 Å². The summed E-state index contributed by atoms with van der Waals surface area (Å²) in [7, 11) is 0. The fourth-order valence-electron chi connectivity index (χ4n) is 2.34. The van der Waals surface area contributed by atoms with Gasteiger partial charge in [0, 0.05) is 6.21 Å². The topological polar surface area (TPSA) is 61.7 Å². The summed E-state index contributed by atoms with van der Waals surface area (Å²) in [5.74, 6) is -0.0267. The van der Waals surface area contributed by atoms with Crippen molar-refractivity contribution >= 4 is 12.1 Å². The van der Waals surface area contributed by atoms with Gasteiger partial charge in [-0.25, -0.2) is 5.43 Å². The molecule has 4 heteroatoms. The summed E-state index contributed by atoms with van der Waals surface area (Å²) in [4.78, 5) is 11.7. The standard InChI is InChI=1S/C15H20N2O2/c18-14(13-9-5-2-6-10-13)15(19)17-16-11-12-7-3-1-4-8-12/h2,5-6,9-12,14,18H,1,3-4,7-8H2,(H,17,19)/b16-11+. The molecule has 1 aromatic rings. The first-order valence-corrected chi connectivity index (χ1v) is 6.83. The summed E-state index contributed by atoms with van der Waals surface area (Å²) in [5.41, 5.74) is 2.99. The third-order valence-corrected chi connectivity index (χ3v) is 3.47. The van der Waals surface area contributed by atoms with E-state index in [0.29, 0.717) is 11.5 Å². The molecule has 102 valence electrons. The zero-order valence-electron chi connectivity index (χ0n) is 11.0. The minimum Gasteiger partial charge on any atom is -0.378 e. The molecular formula is C15H20N2O2. The molecule has 1 atom stereocenters. The van der Waals surface area contributed by atoms with E-state index >= 15 is 0 Å². The van der Waals surface area contributed by atoms with E-state index in [1.54, 1.807) is 30.5 Å². The highest BCUT2D eigenvalue weighted by molar-refractivity contribution is 5.82. The number of nitrogens with one attached hydrogen (secondary N) is 1. The maximum absolute atomic E-state index is 11.7. The molecule has 1 aliphatic carbocycles. The van der Waals surface area contributed by atoms with Gasteiger partial charge in [0.15, 0.2) is 6.10 Å². The number of carbonyl (C=O) groups is 1. The maximum atomic E-state index is 11.7. The van der Waals surface area contributed by atoms with E-state index in [9.17, 15) is 9.90 Å². The van der Waals surface area contributed by atoms with Crippen LogP contribution in [0.4, 0.5) is 0 Å². The van der Waals surface area contributed by atoms with Gasteiger partial charge in [0.2, 0.25) is 0 Å². The third-order valence-electron chi connectivity index (χ3n) is 3.47. The minimum atomic E-state index is -1.16. The fourth-order valence-corrected chi connectivity index (χ4v) is 2.34. The van der Waals surface area contributed by atoms with Crippen molar-refractivity contribution in [2.24, 2.45) is 11.0 Å². The molecule has 0 saturated heterocycles. The molecule has 1 fully saturated rings. The van der Waals surface area contributed by atoms with Crippen molar-refractivity contribution in [2.75, 3.05) is 0 Å². The molecule has 4 nitrogen and oxygen atoms in total. The Bertz CT molecular complexity index is 425. The van der Waals surface area contributed by atoms with Crippen molar-refractivity contribution < 1.29 is 9.90 Å². The number of hydrogen-bond donors (Lipinski definition) is 2. The number of aliphatic hydroxyl groups excluding tert-OH is 1. The molecule has 1 aliphatic rings. The van der Waals surface area contributed by atoms with Crippen LogP contribution >= 0.6 is 0 Å². The zero-order chi connectivity index (χ0) is 13.5.